The minimum atomic E-state index is -0.474. The highest BCUT2D eigenvalue weighted by atomic mass is 16.6. The first-order valence-corrected chi connectivity index (χ1v) is 6.49. The molecule has 0 unspecified atom stereocenters. The average Bonchev–Trinajstić information content (AvgIpc) is 2.84. The van der Waals surface area contributed by atoms with Crippen LogP contribution in [0.4, 0.5) is 5.69 Å². The van der Waals surface area contributed by atoms with Crippen LogP contribution in [0.2, 0.25) is 0 Å². The van der Waals surface area contributed by atoms with Gasteiger partial charge in [0.25, 0.3) is 5.69 Å². The smallest absolute Gasteiger partial charge is 0.273 e. The van der Waals surface area contributed by atoms with Gasteiger partial charge in [-0.15, -0.1) is 0 Å². The third-order valence-corrected chi connectivity index (χ3v) is 3.14. The molecule has 2 rings (SSSR count). The summed E-state index contributed by atoms with van der Waals surface area (Å²) in [5.74, 6) is 1.27. The number of furan rings is 1. The molecular weight excluding hydrogens is 272 g/mol. The van der Waals surface area contributed by atoms with Crippen LogP contribution in [0.5, 0.6) is 0 Å². The SMILES string of the molecule is Cc1ccc(CN(C)C(=O)Cc2ccccc2[N+](=O)[O-])o1. The molecule has 21 heavy (non-hydrogen) atoms. The predicted molar refractivity (Wildman–Crippen MR) is 76.7 cm³/mol. The molecule has 6 heteroatoms. The molecule has 0 aliphatic carbocycles. The summed E-state index contributed by atoms with van der Waals surface area (Å²) in [6.45, 7) is 2.17. The lowest BCUT2D eigenvalue weighted by Crippen LogP contribution is -2.27. The Morgan fingerprint density at radius 2 is 2.00 bits per heavy atom. The maximum atomic E-state index is 12.2. The fraction of sp³-hybridized carbons (Fsp3) is 0.267. The van der Waals surface area contributed by atoms with E-state index in [-0.39, 0.29) is 18.0 Å². The van der Waals surface area contributed by atoms with Gasteiger partial charge in [-0.2, -0.15) is 0 Å². The van der Waals surface area contributed by atoms with Gasteiger partial charge in [-0.05, 0) is 19.1 Å². The van der Waals surface area contributed by atoms with Gasteiger partial charge in [-0.3, -0.25) is 14.9 Å². The van der Waals surface area contributed by atoms with Gasteiger partial charge >= 0.3 is 0 Å². The maximum Gasteiger partial charge on any atom is 0.273 e. The molecule has 0 N–H and O–H groups in total. The number of nitrogens with zero attached hydrogens (tertiary/aromatic N) is 2. The number of para-hydroxylation sites is 1. The van der Waals surface area contributed by atoms with Gasteiger partial charge in [0.1, 0.15) is 11.5 Å². The average molecular weight is 288 g/mol. The van der Waals surface area contributed by atoms with Crippen LogP contribution in [-0.2, 0) is 17.8 Å². The van der Waals surface area contributed by atoms with E-state index in [1.807, 2.05) is 19.1 Å². The van der Waals surface area contributed by atoms with Crippen LogP contribution in [0.15, 0.2) is 40.8 Å². The van der Waals surface area contributed by atoms with Gasteiger partial charge in [0.2, 0.25) is 5.91 Å². The summed E-state index contributed by atoms with van der Waals surface area (Å²) in [5.41, 5.74) is 0.378. The molecule has 0 spiro atoms. The van der Waals surface area contributed by atoms with Crippen molar-refractivity contribution in [3.63, 3.8) is 0 Å². The molecule has 1 heterocycles. The second kappa shape index (κ2) is 6.21. The van der Waals surface area contributed by atoms with Crippen LogP contribution in [-0.4, -0.2) is 22.8 Å². The lowest BCUT2D eigenvalue weighted by atomic mass is 10.1. The van der Waals surface area contributed by atoms with Crippen molar-refractivity contribution in [2.45, 2.75) is 19.9 Å². The Hall–Kier alpha value is -2.63. The Kier molecular flexibility index (Phi) is 4.37. The number of likely N-dealkylation sites (N-methyl/N-ethyl adjacent to an activating group) is 1. The lowest BCUT2D eigenvalue weighted by molar-refractivity contribution is -0.385. The quantitative estimate of drug-likeness (QED) is 0.626. The highest BCUT2D eigenvalue weighted by molar-refractivity contribution is 5.79. The van der Waals surface area contributed by atoms with E-state index in [1.165, 1.54) is 11.0 Å². The van der Waals surface area contributed by atoms with Gasteiger partial charge < -0.3 is 9.32 Å². The first-order chi connectivity index (χ1) is 9.97. The van der Waals surface area contributed by atoms with E-state index in [2.05, 4.69) is 0 Å². The predicted octanol–water partition coefficient (Wildman–Crippen LogP) is 2.70. The number of hydrogen-bond donors (Lipinski definition) is 0. The monoisotopic (exact) mass is 288 g/mol. The van der Waals surface area contributed by atoms with Crippen LogP contribution in [0, 0.1) is 17.0 Å². The highest BCUT2D eigenvalue weighted by Crippen LogP contribution is 2.19. The Morgan fingerprint density at radius 3 is 2.62 bits per heavy atom. The molecule has 1 amide bonds. The molecule has 0 radical (unpaired) electrons. The molecule has 6 nitrogen and oxygen atoms in total. The van der Waals surface area contributed by atoms with E-state index in [0.29, 0.717) is 17.9 Å². The maximum absolute atomic E-state index is 12.2. The zero-order valence-corrected chi connectivity index (χ0v) is 11.9. The molecule has 0 saturated carbocycles. The number of carbonyl (C=O) groups is 1. The number of carbonyl (C=O) groups excluding carboxylic acids is 1. The summed E-state index contributed by atoms with van der Waals surface area (Å²) in [5, 5.41) is 10.9. The third-order valence-electron chi connectivity index (χ3n) is 3.14. The zero-order chi connectivity index (χ0) is 15.4. The van der Waals surface area contributed by atoms with Crippen molar-refractivity contribution >= 4 is 11.6 Å². The fourth-order valence-corrected chi connectivity index (χ4v) is 2.03. The molecule has 110 valence electrons. The van der Waals surface area contributed by atoms with E-state index in [1.54, 1.807) is 25.2 Å². The molecule has 1 aromatic heterocycles. The van der Waals surface area contributed by atoms with Gasteiger partial charge in [-0.1, -0.05) is 18.2 Å². The number of amides is 1. The van der Waals surface area contributed by atoms with E-state index in [9.17, 15) is 14.9 Å². The van der Waals surface area contributed by atoms with E-state index in [0.717, 1.165) is 5.76 Å². The molecule has 2 aromatic rings. The van der Waals surface area contributed by atoms with Crippen molar-refractivity contribution in [2.75, 3.05) is 7.05 Å². The number of aryl methyl sites for hydroxylation is 1. The minimum Gasteiger partial charge on any atom is -0.464 e. The van der Waals surface area contributed by atoms with Crippen LogP contribution in [0.25, 0.3) is 0 Å². The van der Waals surface area contributed by atoms with Crippen LogP contribution in [0.1, 0.15) is 17.1 Å². The Labute approximate surface area is 122 Å². The number of hydrogen-bond acceptors (Lipinski definition) is 4. The fourth-order valence-electron chi connectivity index (χ4n) is 2.03. The van der Waals surface area contributed by atoms with Crippen LogP contribution < -0.4 is 0 Å². The Morgan fingerprint density at radius 1 is 1.29 bits per heavy atom. The van der Waals surface area contributed by atoms with Crippen molar-refractivity contribution in [3.8, 4) is 0 Å². The van der Waals surface area contributed by atoms with Crippen molar-refractivity contribution in [1.82, 2.24) is 4.90 Å². The zero-order valence-electron chi connectivity index (χ0n) is 11.9. The summed E-state index contributed by atoms with van der Waals surface area (Å²) in [7, 11) is 1.65. The van der Waals surface area contributed by atoms with E-state index in [4.69, 9.17) is 4.42 Å². The largest absolute Gasteiger partial charge is 0.464 e. The number of rotatable bonds is 5. The first-order valence-electron chi connectivity index (χ1n) is 6.49. The van der Waals surface area contributed by atoms with Gasteiger partial charge in [0.15, 0.2) is 0 Å². The van der Waals surface area contributed by atoms with Gasteiger partial charge in [-0.25, -0.2) is 0 Å². The normalized spacial score (nSPS) is 10.4. The summed E-state index contributed by atoms with van der Waals surface area (Å²) in [4.78, 5) is 24.1. The van der Waals surface area contributed by atoms with E-state index < -0.39 is 4.92 Å². The second-order valence-electron chi connectivity index (χ2n) is 4.82. The highest BCUT2D eigenvalue weighted by Gasteiger charge is 2.18. The van der Waals surface area contributed by atoms with Crippen molar-refractivity contribution in [3.05, 3.63) is 63.6 Å². The number of nitro groups is 1. The third kappa shape index (κ3) is 3.68. The first kappa shape index (κ1) is 14.8. The second-order valence-corrected chi connectivity index (χ2v) is 4.82. The number of benzene rings is 1. The summed E-state index contributed by atoms with van der Waals surface area (Å²) in [6, 6.07) is 9.91. The van der Waals surface area contributed by atoms with Crippen molar-refractivity contribution in [1.29, 1.82) is 0 Å². The summed E-state index contributed by atoms with van der Waals surface area (Å²) in [6.07, 6.45) is -0.00660. The Balaban J connectivity index is 2.05. The van der Waals surface area contributed by atoms with Crippen molar-refractivity contribution < 1.29 is 14.1 Å². The molecule has 0 atom stereocenters. The molecule has 0 aliphatic rings. The minimum absolute atomic E-state index is 0.00660. The molecule has 0 bridgehead atoms. The molecule has 0 aliphatic heterocycles. The van der Waals surface area contributed by atoms with E-state index >= 15 is 0 Å². The molecule has 0 saturated heterocycles. The molecule has 0 fully saturated rings. The van der Waals surface area contributed by atoms with Gasteiger partial charge in [0, 0.05) is 18.7 Å². The molecule has 1 aromatic carbocycles. The Bertz CT molecular complexity index is 663. The topological polar surface area (TPSA) is 76.6 Å². The lowest BCUT2D eigenvalue weighted by Gasteiger charge is -2.15. The van der Waals surface area contributed by atoms with Crippen LogP contribution in [0.3, 0.4) is 0 Å². The standard InChI is InChI=1S/C15H16N2O4/c1-11-7-8-13(21-11)10-16(2)15(18)9-12-5-3-4-6-14(12)17(19)20/h3-8H,9-10H2,1-2H3. The van der Waals surface area contributed by atoms with Gasteiger partial charge in [0.05, 0.1) is 17.9 Å². The van der Waals surface area contributed by atoms with Crippen LogP contribution >= 0.6 is 0 Å². The summed E-state index contributed by atoms with van der Waals surface area (Å²) < 4.78 is 5.41. The summed E-state index contributed by atoms with van der Waals surface area (Å²) >= 11 is 0. The van der Waals surface area contributed by atoms with Crippen molar-refractivity contribution in [2.24, 2.45) is 0 Å². The number of nitro benzene ring substituents is 1. The molecular formula is C15H16N2O4.